The SMILES string of the molecule is C=C/C=C\C(=N/C)c1cc(-c2ccccn2)nc(-n2c3ccccc3c3cc(-c4ccc5c(c4)c4ccccc4n5-c4ccc5ccc6ccccc6c5c4)ccc32)n1. The summed E-state index contributed by atoms with van der Waals surface area (Å²) in [6.07, 6.45) is 7.30. The number of aromatic nitrogens is 5. The van der Waals surface area contributed by atoms with Crippen molar-refractivity contribution in [3.63, 3.8) is 0 Å². The number of nitrogens with zero attached hydrogens (tertiary/aromatic N) is 6. The first-order valence-electron chi connectivity index (χ1n) is 19.7. The van der Waals surface area contributed by atoms with Crippen molar-refractivity contribution in [1.29, 1.82) is 0 Å². The van der Waals surface area contributed by atoms with Crippen LogP contribution in [-0.4, -0.2) is 36.8 Å². The highest BCUT2D eigenvalue weighted by atomic mass is 15.2. The molecule has 0 bridgehead atoms. The van der Waals surface area contributed by atoms with Crippen LogP contribution in [0.2, 0.25) is 0 Å². The molecular weight excluding hydrogens is 721 g/mol. The number of pyridine rings is 1. The Morgan fingerprint density at radius 1 is 0.525 bits per heavy atom. The fraction of sp³-hybridized carbons (Fsp3) is 0.0189. The Balaban J connectivity index is 1.08. The molecule has 0 radical (unpaired) electrons. The molecule has 4 heterocycles. The fourth-order valence-electron chi connectivity index (χ4n) is 8.67. The zero-order valence-corrected chi connectivity index (χ0v) is 32.3. The molecule has 0 unspecified atom stereocenters. The zero-order valence-electron chi connectivity index (χ0n) is 32.3. The van der Waals surface area contributed by atoms with E-state index in [9.17, 15) is 0 Å². The first kappa shape index (κ1) is 34.3. The molecule has 0 aliphatic carbocycles. The highest BCUT2D eigenvalue weighted by molar-refractivity contribution is 6.14. The van der Waals surface area contributed by atoms with E-state index in [4.69, 9.17) is 9.97 Å². The molecule has 0 saturated carbocycles. The summed E-state index contributed by atoms with van der Waals surface area (Å²) in [4.78, 5) is 19.5. The number of fused-ring (bicyclic) bond motifs is 9. The van der Waals surface area contributed by atoms with E-state index in [0.29, 0.717) is 17.3 Å². The van der Waals surface area contributed by atoms with E-state index in [1.54, 1.807) is 19.3 Å². The molecule has 0 saturated heterocycles. The second-order valence-corrected chi connectivity index (χ2v) is 14.7. The Kier molecular flexibility index (Phi) is 8.08. The second-order valence-electron chi connectivity index (χ2n) is 14.7. The highest BCUT2D eigenvalue weighted by Gasteiger charge is 2.19. The van der Waals surface area contributed by atoms with E-state index in [2.05, 4.69) is 165 Å². The van der Waals surface area contributed by atoms with E-state index in [-0.39, 0.29) is 0 Å². The number of para-hydroxylation sites is 2. The average molecular weight is 757 g/mol. The van der Waals surface area contributed by atoms with Gasteiger partial charge in [-0.15, -0.1) is 0 Å². The Morgan fingerprint density at radius 3 is 1.83 bits per heavy atom. The van der Waals surface area contributed by atoms with Crippen LogP contribution < -0.4 is 0 Å². The monoisotopic (exact) mass is 756 g/mol. The van der Waals surface area contributed by atoms with Gasteiger partial charge in [-0.2, -0.15) is 0 Å². The quantitative estimate of drug-likeness (QED) is 0.0924. The van der Waals surface area contributed by atoms with Gasteiger partial charge in [0.1, 0.15) is 0 Å². The van der Waals surface area contributed by atoms with Gasteiger partial charge in [0, 0.05) is 40.5 Å². The summed E-state index contributed by atoms with van der Waals surface area (Å²) in [5.41, 5.74) is 10.7. The topological polar surface area (TPSA) is 60.9 Å². The molecule has 59 heavy (non-hydrogen) atoms. The van der Waals surface area contributed by atoms with Gasteiger partial charge in [0.25, 0.3) is 0 Å². The van der Waals surface area contributed by atoms with Crippen molar-refractivity contribution in [2.24, 2.45) is 4.99 Å². The number of benzene rings is 7. The predicted octanol–water partition coefficient (Wildman–Crippen LogP) is 12.9. The van der Waals surface area contributed by atoms with Crippen LogP contribution in [0.15, 0.2) is 200 Å². The Bertz CT molecular complexity index is 3530. The maximum absolute atomic E-state index is 5.13. The summed E-state index contributed by atoms with van der Waals surface area (Å²) in [6.45, 7) is 3.85. The summed E-state index contributed by atoms with van der Waals surface area (Å²) in [5, 5.41) is 9.67. The predicted molar refractivity (Wildman–Crippen MR) is 246 cm³/mol. The third-order valence-corrected chi connectivity index (χ3v) is 11.4. The lowest BCUT2D eigenvalue weighted by Gasteiger charge is -2.12. The largest absolute Gasteiger partial charge is 0.309 e. The maximum Gasteiger partial charge on any atom is 0.235 e. The van der Waals surface area contributed by atoms with Crippen molar-refractivity contribution in [1.82, 2.24) is 24.1 Å². The van der Waals surface area contributed by atoms with Crippen LogP contribution in [0.5, 0.6) is 0 Å². The molecule has 7 aromatic carbocycles. The van der Waals surface area contributed by atoms with Gasteiger partial charge in [-0.05, 0) is 105 Å². The van der Waals surface area contributed by atoms with Crippen molar-refractivity contribution in [3.8, 4) is 34.2 Å². The van der Waals surface area contributed by atoms with E-state index in [1.165, 1.54) is 43.4 Å². The van der Waals surface area contributed by atoms with Crippen molar-refractivity contribution in [3.05, 3.63) is 200 Å². The van der Waals surface area contributed by atoms with E-state index in [1.807, 2.05) is 36.4 Å². The number of aliphatic imine (C=N–C) groups is 1. The van der Waals surface area contributed by atoms with Crippen LogP contribution in [0.3, 0.4) is 0 Å². The Hall–Kier alpha value is -7.96. The molecule has 6 nitrogen and oxygen atoms in total. The summed E-state index contributed by atoms with van der Waals surface area (Å²) in [7, 11) is 1.77. The van der Waals surface area contributed by atoms with Gasteiger partial charge in [0.05, 0.1) is 44.9 Å². The highest BCUT2D eigenvalue weighted by Crippen LogP contribution is 2.39. The lowest BCUT2D eigenvalue weighted by molar-refractivity contribution is 0.982. The molecule has 6 heteroatoms. The van der Waals surface area contributed by atoms with E-state index in [0.717, 1.165) is 50.0 Å². The lowest BCUT2D eigenvalue weighted by Crippen LogP contribution is -2.09. The molecule has 11 aromatic rings. The molecule has 0 aliphatic rings. The van der Waals surface area contributed by atoms with E-state index >= 15 is 0 Å². The minimum Gasteiger partial charge on any atom is -0.309 e. The maximum atomic E-state index is 5.13. The number of hydrogen-bond donors (Lipinski definition) is 0. The molecule has 0 spiro atoms. The molecule has 0 fully saturated rings. The van der Waals surface area contributed by atoms with Crippen molar-refractivity contribution in [2.75, 3.05) is 7.05 Å². The smallest absolute Gasteiger partial charge is 0.235 e. The van der Waals surface area contributed by atoms with Gasteiger partial charge in [0.15, 0.2) is 0 Å². The van der Waals surface area contributed by atoms with Crippen LogP contribution >= 0.6 is 0 Å². The molecular formula is C53H36N6. The standard InChI is InChI=1S/C53H36N6/c1-3-4-17-45(54-2)47-33-48(46-18-11-12-29-55-46)57-53(56-47)59-50-20-10-8-16-41(50)44-31-37(25-28-52(44)59)36-24-27-51-43(30-36)40-15-7-9-19-49(40)58(51)38-26-23-35-22-21-34-13-5-6-14-39(34)42(35)32-38/h3-33H,1H2,2H3/b17-4-,54-45+. The first-order valence-corrected chi connectivity index (χ1v) is 19.7. The van der Waals surface area contributed by atoms with E-state index < -0.39 is 0 Å². The zero-order chi connectivity index (χ0) is 39.5. The van der Waals surface area contributed by atoms with Gasteiger partial charge in [-0.25, -0.2) is 9.97 Å². The third-order valence-electron chi connectivity index (χ3n) is 11.4. The number of allylic oxidation sites excluding steroid dienone is 3. The molecule has 0 N–H and O–H groups in total. The van der Waals surface area contributed by atoms with Crippen LogP contribution in [0, 0.1) is 0 Å². The molecule has 4 aromatic heterocycles. The van der Waals surface area contributed by atoms with Crippen LogP contribution in [0.4, 0.5) is 0 Å². The van der Waals surface area contributed by atoms with Crippen LogP contribution in [0.25, 0.3) is 99.3 Å². The van der Waals surface area contributed by atoms with Gasteiger partial charge < -0.3 is 4.57 Å². The van der Waals surface area contributed by atoms with Gasteiger partial charge in [-0.3, -0.25) is 14.5 Å². The van der Waals surface area contributed by atoms with Crippen molar-refractivity contribution >= 4 is 70.9 Å². The second kappa shape index (κ2) is 13.9. The minimum atomic E-state index is 0.547. The minimum absolute atomic E-state index is 0.547. The van der Waals surface area contributed by atoms with Gasteiger partial charge in [0.2, 0.25) is 5.95 Å². The molecule has 278 valence electrons. The van der Waals surface area contributed by atoms with Crippen molar-refractivity contribution < 1.29 is 0 Å². The average Bonchev–Trinajstić information content (AvgIpc) is 3.81. The summed E-state index contributed by atoms with van der Waals surface area (Å²) in [6, 6.07) is 58.5. The molecule has 11 rings (SSSR count). The van der Waals surface area contributed by atoms with Crippen LogP contribution in [-0.2, 0) is 0 Å². The van der Waals surface area contributed by atoms with Crippen LogP contribution in [0.1, 0.15) is 5.69 Å². The Morgan fingerprint density at radius 2 is 1.14 bits per heavy atom. The summed E-state index contributed by atoms with van der Waals surface area (Å²) in [5.74, 6) is 0.547. The van der Waals surface area contributed by atoms with Gasteiger partial charge >= 0.3 is 0 Å². The molecule has 0 aliphatic heterocycles. The summed E-state index contributed by atoms with van der Waals surface area (Å²) >= 11 is 0. The fourth-order valence-corrected chi connectivity index (χ4v) is 8.67. The number of hydrogen-bond acceptors (Lipinski definition) is 4. The number of rotatable bonds is 7. The summed E-state index contributed by atoms with van der Waals surface area (Å²) < 4.78 is 4.56. The lowest BCUT2D eigenvalue weighted by atomic mass is 10.0. The third kappa shape index (κ3) is 5.64. The Labute approximate surface area is 340 Å². The first-order chi connectivity index (χ1) is 29.2. The normalized spacial score (nSPS) is 12.3. The molecule has 0 atom stereocenters. The van der Waals surface area contributed by atoms with Crippen molar-refractivity contribution in [2.45, 2.75) is 0 Å². The van der Waals surface area contributed by atoms with Gasteiger partial charge in [-0.1, -0.05) is 116 Å². The molecule has 0 amide bonds.